The molecule has 1 aromatic carbocycles. The van der Waals surface area contributed by atoms with Crippen LogP contribution in [-0.2, 0) is 13.1 Å². The van der Waals surface area contributed by atoms with E-state index in [0.29, 0.717) is 6.54 Å². The predicted molar refractivity (Wildman–Crippen MR) is 76.2 cm³/mol. The summed E-state index contributed by atoms with van der Waals surface area (Å²) in [6.45, 7) is 7.37. The van der Waals surface area contributed by atoms with Crippen molar-refractivity contribution < 1.29 is 5.11 Å². The highest BCUT2D eigenvalue weighted by Gasteiger charge is 2.20. The summed E-state index contributed by atoms with van der Waals surface area (Å²) in [5.74, 6) is 0.975. The van der Waals surface area contributed by atoms with Crippen LogP contribution < -0.4 is 0 Å². The molecule has 0 bridgehead atoms. The summed E-state index contributed by atoms with van der Waals surface area (Å²) >= 11 is 0. The number of nitrogens with zero attached hydrogens (tertiary/aromatic N) is 4. The van der Waals surface area contributed by atoms with Gasteiger partial charge in [-0.3, -0.25) is 4.90 Å². The molecule has 1 unspecified atom stereocenters. The first-order valence-corrected chi connectivity index (χ1v) is 6.98. The van der Waals surface area contributed by atoms with E-state index in [1.54, 1.807) is 6.33 Å². The van der Waals surface area contributed by atoms with Gasteiger partial charge in [0.2, 0.25) is 0 Å². The standard InChI is InChI=1S/C15H20N4O/c1-11-3-4-13(7-12(11)2)14(20)8-18-5-6-19-10-16-17-15(19)9-18/h3-4,7,10,14,20H,5-6,8-9H2,1-2H3. The van der Waals surface area contributed by atoms with Gasteiger partial charge < -0.3 is 9.67 Å². The van der Waals surface area contributed by atoms with Crippen molar-refractivity contribution in [1.82, 2.24) is 19.7 Å². The van der Waals surface area contributed by atoms with E-state index in [1.165, 1.54) is 11.1 Å². The van der Waals surface area contributed by atoms with E-state index in [9.17, 15) is 5.11 Å². The average Bonchev–Trinajstić information content (AvgIpc) is 2.89. The van der Waals surface area contributed by atoms with Gasteiger partial charge in [0.15, 0.2) is 0 Å². The van der Waals surface area contributed by atoms with E-state index in [-0.39, 0.29) is 0 Å². The topological polar surface area (TPSA) is 54.2 Å². The van der Waals surface area contributed by atoms with Crippen LogP contribution >= 0.6 is 0 Å². The van der Waals surface area contributed by atoms with Crippen LogP contribution in [0.2, 0.25) is 0 Å². The highest BCUT2D eigenvalue weighted by molar-refractivity contribution is 5.31. The molecule has 1 aliphatic rings. The zero-order valence-electron chi connectivity index (χ0n) is 12.0. The van der Waals surface area contributed by atoms with Crippen LogP contribution in [0.15, 0.2) is 24.5 Å². The van der Waals surface area contributed by atoms with Crippen molar-refractivity contribution >= 4 is 0 Å². The molecular weight excluding hydrogens is 252 g/mol. The molecule has 2 heterocycles. The quantitative estimate of drug-likeness (QED) is 0.918. The molecular formula is C15H20N4O. The zero-order chi connectivity index (χ0) is 14.1. The van der Waals surface area contributed by atoms with Crippen LogP contribution in [0.3, 0.4) is 0 Å². The molecule has 0 saturated heterocycles. The normalized spacial score (nSPS) is 16.9. The Labute approximate surface area is 118 Å². The minimum Gasteiger partial charge on any atom is -0.387 e. The lowest BCUT2D eigenvalue weighted by molar-refractivity contribution is 0.0962. The summed E-state index contributed by atoms with van der Waals surface area (Å²) in [6.07, 6.45) is 1.32. The fraction of sp³-hybridized carbons (Fsp3) is 0.467. The van der Waals surface area contributed by atoms with Crippen LogP contribution in [0, 0.1) is 13.8 Å². The number of fused-ring (bicyclic) bond motifs is 1. The Morgan fingerprint density at radius 2 is 2.10 bits per heavy atom. The van der Waals surface area contributed by atoms with Gasteiger partial charge >= 0.3 is 0 Å². The number of rotatable bonds is 3. The number of hydrogen-bond donors (Lipinski definition) is 1. The third-order valence-corrected chi connectivity index (χ3v) is 4.06. The van der Waals surface area contributed by atoms with Crippen molar-refractivity contribution in [2.24, 2.45) is 0 Å². The molecule has 0 spiro atoms. The smallest absolute Gasteiger partial charge is 0.147 e. The number of benzene rings is 1. The molecule has 0 saturated carbocycles. The first-order chi connectivity index (χ1) is 9.63. The maximum Gasteiger partial charge on any atom is 0.147 e. The summed E-state index contributed by atoms with van der Waals surface area (Å²) in [6, 6.07) is 6.16. The highest BCUT2D eigenvalue weighted by atomic mass is 16.3. The van der Waals surface area contributed by atoms with Gasteiger partial charge in [-0.15, -0.1) is 10.2 Å². The zero-order valence-corrected chi connectivity index (χ0v) is 12.0. The molecule has 0 radical (unpaired) electrons. The van der Waals surface area contributed by atoms with E-state index in [1.807, 2.05) is 6.07 Å². The van der Waals surface area contributed by atoms with Crippen molar-refractivity contribution in [1.29, 1.82) is 0 Å². The van der Waals surface area contributed by atoms with Gasteiger partial charge in [0.05, 0.1) is 12.6 Å². The molecule has 0 amide bonds. The van der Waals surface area contributed by atoms with E-state index >= 15 is 0 Å². The summed E-state index contributed by atoms with van der Waals surface area (Å²) in [7, 11) is 0. The summed E-state index contributed by atoms with van der Waals surface area (Å²) in [5.41, 5.74) is 3.46. The first kappa shape index (κ1) is 13.3. The Hall–Kier alpha value is -1.72. The third-order valence-electron chi connectivity index (χ3n) is 4.06. The van der Waals surface area contributed by atoms with Gasteiger partial charge in [-0.05, 0) is 30.5 Å². The number of hydrogen-bond acceptors (Lipinski definition) is 4. The number of aliphatic hydroxyl groups excluding tert-OH is 1. The van der Waals surface area contributed by atoms with Crippen molar-refractivity contribution in [3.05, 3.63) is 47.0 Å². The second-order valence-corrected chi connectivity index (χ2v) is 5.54. The molecule has 3 rings (SSSR count). The van der Waals surface area contributed by atoms with Crippen molar-refractivity contribution in [3.8, 4) is 0 Å². The Kier molecular flexibility index (Phi) is 3.54. The number of aromatic nitrogens is 3. The summed E-state index contributed by atoms with van der Waals surface area (Å²) in [5, 5.41) is 18.4. The number of β-amino-alcohol motifs (C(OH)–C–C–N with tert-alkyl or cyclic N) is 1. The monoisotopic (exact) mass is 272 g/mol. The lowest BCUT2D eigenvalue weighted by atomic mass is 10.0. The minimum atomic E-state index is -0.455. The van der Waals surface area contributed by atoms with Gasteiger partial charge in [-0.1, -0.05) is 18.2 Å². The minimum absolute atomic E-state index is 0.455. The Balaban J connectivity index is 1.67. The summed E-state index contributed by atoms with van der Waals surface area (Å²) < 4.78 is 2.07. The SMILES string of the molecule is Cc1ccc(C(O)CN2CCn3cnnc3C2)cc1C. The third kappa shape index (κ3) is 2.59. The van der Waals surface area contributed by atoms with Crippen molar-refractivity contribution in [2.45, 2.75) is 33.0 Å². The van der Waals surface area contributed by atoms with E-state index in [2.05, 4.69) is 45.6 Å². The predicted octanol–water partition coefficient (Wildman–Crippen LogP) is 1.44. The van der Waals surface area contributed by atoms with E-state index in [4.69, 9.17) is 0 Å². The molecule has 1 aliphatic heterocycles. The van der Waals surface area contributed by atoms with Crippen LogP contribution in [0.5, 0.6) is 0 Å². The van der Waals surface area contributed by atoms with Gasteiger partial charge in [-0.25, -0.2) is 0 Å². The molecule has 5 heteroatoms. The molecule has 5 nitrogen and oxygen atoms in total. The maximum atomic E-state index is 10.4. The Bertz CT molecular complexity index is 608. The maximum absolute atomic E-state index is 10.4. The van der Waals surface area contributed by atoms with E-state index < -0.39 is 6.10 Å². The van der Waals surface area contributed by atoms with Crippen LogP contribution in [0.4, 0.5) is 0 Å². The van der Waals surface area contributed by atoms with Gasteiger partial charge in [-0.2, -0.15) is 0 Å². The van der Waals surface area contributed by atoms with Gasteiger partial charge in [0.25, 0.3) is 0 Å². The molecule has 2 aromatic rings. The molecule has 1 aromatic heterocycles. The fourth-order valence-corrected chi connectivity index (χ4v) is 2.59. The van der Waals surface area contributed by atoms with Gasteiger partial charge in [0, 0.05) is 19.6 Å². The second-order valence-electron chi connectivity index (χ2n) is 5.54. The average molecular weight is 272 g/mol. The van der Waals surface area contributed by atoms with Crippen molar-refractivity contribution in [2.75, 3.05) is 13.1 Å². The van der Waals surface area contributed by atoms with E-state index in [0.717, 1.165) is 31.0 Å². The molecule has 0 fully saturated rings. The molecule has 0 aliphatic carbocycles. The summed E-state index contributed by atoms with van der Waals surface area (Å²) in [4.78, 5) is 2.23. The number of aliphatic hydroxyl groups is 1. The highest BCUT2D eigenvalue weighted by Crippen LogP contribution is 2.20. The van der Waals surface area contributed by atoms with Gasteiger partial charge in [0.1, 0.15) is 12.2 Å². The number of aryl methyl sites for hydroxylation is 2. The molecule has 1 atom stereocenters. The molecule has 20 heavy (non-hydrogen) atoms. The lowest BCUT2D eigenvalue weighted by Gasteiger charge is -2.28. The second kappa shape index (κ2) is 5.34. The Morgan fingerprint density at radius 1 is 1.25 bits per heavy atom. The fourth-order valence-electron chi connectivity index (χ4n) is 2.59. The van der Waals surface area contributed by atoms with Crippen LogP contribution in [0.1, 0.15) is 28.6 Å². The molecule has 1 N–H and O–H groups in total. The molecule has 106 valence electrons. The van der Waals surface area contributed by atoms with Crippen LogP contribution in [-0.4, -0.2) is 37.9 Å². The largest absolute Gasteiger partial charge is 0.387 e. The Morgan fingerprint density at radius 3 is 2.90 bits per heavy atom. The lowest BCUT2D eigenvalue weighted by Crippen LogP contribution is -2.36. The van der Waals surface area contributed by atoms with Crippen molar-refractivity contribution in [3.63, 3.8) is 0 Å². The first-order valence-electron chi connectivity index (χ1n) is 6.98. The van der Waals surface area contributed by atoms with Crippen LogP contribution in [0.25, 0.3) is 0 Å².